The summed E-state index contributed by atoms with van der Waals surface area (Å²) < 4.78 is 21.2. The van der Waals surface area contributed by atoms with Crippen LogP contribution in [-0.2, 0) is 16.6 Å². The molecule has 3 heterocycles. The van der Waals surface area contributed by atoms with E-state index in [0.717, 1.165) is 15.8 Å². The topological polar surface area (TPSA) is 123 Å². The van der Waals surface area contributed by atoms with E-state index in [1.807, 2.05) is 0 Å². The summed E-state index contributed by atoms with van der Waals surface area (Å²) in [7, 11) is 1.79. The van der Waals surface area contributed by atoms with Gasteiger partial charge in [-0.3, -0.25) is 34.1 Å². The molecular weight excluding hydrogens is 493 g/mol. The number of nitrogens with one attached hydrogen (secondary N) is 2. The Balaban J connectivity index is 1.39. The Morgan fingerprint density at radius 3 is 2.58 bits per heavy atom. The van der Waals surface area contributed by atoms with Crippen LogP contribution in [0.1, 0.15) is 33.6 Å². The number of carbonyl (C=O) groups excluding carboxylic acids is 4. The Morgan fingerprint density at radius 2 is 1.82 bits per heavy atom. The van der Waals surface area contributed by atoms with Gasteiger partial charge in [0.1, 0.15) is 17.6 Å². The van der Waals surface area contributed by atoms with Crippen molar-refractivity contribution < 1.29 is 28.3 Å². The standard InChI is InChI=1S/C27H20FN5O5/c1-32-21-12-22(38-16-7-5-15(28)6-8-16)19(11-14(21)13-29-32)30-18-4-2-3-17-24(18)27(37)33(26(17)36)20-9-10-23(34)31-25(20)35/h2-8,11-13,20,30H,9-10H2,1H3,(H,31,34,35). The maximum absolute atomic E-state index is 13.5. The van der Waals surface area contributed by atoms with E-state index >= 15 is 0 Å². The lowest BCUT2D eigenvalue weighted by Crippen LogP contribution is -2.54. The van der Waals surface area contributed by atoms with Gasteiger partial charge in [0.2, 0.25) is 11.8 Å². The number of ether oxygens (including phenoxy) is 1. The van der Waals surface area contributed by atoms with Gasteiger partial charge in [-0.15, -0.1) is 0 Å². The van der Waals surface area contributed by atoms with Crippen LogP contribution in [0, 0.1) is 5.82 Å². The molecule has 1 unspecified atom stereocenters. The summed E-state index contributed by atoms with van der Waals surface area (Å²) in [6.07, 6.45) is 1.77. The van der Waals surface area contributed by atoms with E-state index in [1.165, 1.54) is 30.3 Å². The van der Waals surface area contributed by atoms with Crippen molar-refractivity contribution >= 4 is 45.9 Å². The van der Waals surface area contributed by atoms with Crippen molar-refractivity contribution in [2.24, 2.45) is 7.05 Å². The van der Waals surface area contributed by atoms with Crippen LogP contribution in [0.25, 0.3) is 10.9 Å². The number of hydrogen-bond donors (Lipinski definition) is 2. The average molecular weight is 513 g/mol. The van der Waals surface area contributed by atoms with E-state index in [2.05, 4.69) is 15.7 Å². The fourth-order valence-electron chi connectivity index (χ4n) is 4.76. The fraction of sp³-hybridized carbons (Fsp3) is 0.148. The molecule has 4 aromatic rings. The highest BCUT2D eigenvalue weighted by molar-refractivity contribution is 6.25. The maximum atomic E-state index is 13.5. The van der Waals surface area contributed by atoms with Gasteiger partial charge in [-0.1, -0.05) is 6.07 Å². The minimum atomic E-state index is -1.07. The summed E-state index contributed by atoms with van der Waals surface area (Å²) in [6, 6.07) is 12.8. The SMILES string of the molecule is Cn1ncc2cc(Nc3cccc4c3C(=O)N(C3CCC(=O)NC3=O)C4=O)c(Oc3ccc(F)cc3)cc21. The number of amides is 4. The number of carbonyl (C=O) groups is 4. The van der Waals surface area contributed by atoms with Crippen LogP contribution in [0.4, 0.5) is 15.8 Å². The number of fused-ring (bicyclic) bond motifs is 2. The van der Waals surface area contributed by atoms with Gasteiger partial charge in [0.25, 0.3) is 11.8 Å². The summed E-state index contributed by atoms with van der Waals surface area (Å²) in [5.74, 6) is -1.98. The Morgan fingerprint density at radius 1 is 1.03 bits per heavy atom. The fourth-order valence-corrected chi connectivity index (χ4v) is 4.76. The molecule has 1 atom stereocenters. The molecule has 0 bridgehead atoms. The van der Waals surface area contributed by atoms with E-state index in [9.17, 15) is 23.6 Å². The molecule has 6 rings (SSSR count). The van der Waals surface area contributed by atoms with Crippen molar-refractivity contribution in [1.82, 2.24) is 20.0 Å². The predicted molar refractivity (Wildman–Crippen MR) is 134 cm³/mol. The van der Waals surface area contributed by atoms with Gasteiger partial charge in [0.15, 0.2) is 5.75 Å². The second kappa shape index (κ2) is 8.80. The van der Waals surface area contributed by atoms with Crippen LogP contribution in [-0.4, -0.2) is 44.4 Å². The van der Waals surface area contributed by atoms with E-state index in [0.29, 0.717) is 22.9 Å². The summed E-state index contributed by atoms with van der Waals surface area (Å²) in [6.45, 7) is 0. The third kappa shape index (κ3) is 3.84. The van der Waals surface area contributed by atoms with Crippen LogP contribution >= 0.6 is 0 Å². The van der Waals surface area contributed by atoms with Gasteiger partial charge < -0.3 is 10.1 Å². The number of nitrogens with zero attached hydrogens (tertiary/aromatic N) is 3. The first-order valence-electron chi connectivity index (χ1n) is 11.8. The van der Waals surface area contributed by atoms with E-state index < -0.39 is 35.5 Å². The third-order valence-electron chi connectivity index (χ3n) is 6.63. The number of hydrogen-bond acceptors (Lipinski definition) is 7. The highest BCUT2D eigenvalue weighted by Gasteiger charge is 2.45. The minimum absolute atomic E-state index is 0.0319. The molecule has 38 heavy (non-hydrogen) atoms. The lowest BCUT2D eigenvalue weighted by Gasteiger charge is -2.27. The first kappa shape index (κ1) is 23.3. The summed E-state index contributed by atoms with van der Waals surface area (Å²) in [4.78, 5) is 51.6. The number of rotatable bonds is 5. The first-order valence-corrected chi connectivity index (χ1v) is 11.8. The van der Waals surface area contributed by atoms with E-state index in [4.69, 9.17) is 4.74 Å². The Labute approximate surface area is 215 Å². The van der Waals surface area contributed by atoms with Crippen LogP contribution in [0.15, 0.2) is 60.8 Å². The smallest absolute Gasteiger partial charge is 0.264 e. The summed E-state index contributed by atoms with van der Waals surface area (Å²) >= 11 is 0. The van der Waals surface area contributed by atoms with Gasteiger partial charge in [-0.25, -0.2) is 4.39 Å². The van der Waals surface area contributed by atoms with Crippen molar-refractivity contribution in [2.75, 3.05) is 5.32 Å². The minimum Gasteiger partial charge on any atom is -0.455 e. The number of halogens is 1. The van der Waals surface area contributed by atoms with E-state index in [-0.39, 0.29) is 24.0 Å². The highest BCUT2D eigenvalue weighted by atomic mass is 19.1. The third-order valence-corrected chi connectivity index (χ3v) is 6.63. The molecule has 2 aliphatic rings. The Kier molecular flexibility index (Phi) is 5.41. The molecule has 1 fully saturated rings. The van der Waals surface area contributed by atoms with Crippen molar-refractivity contribution in [3.8, 4) is 11.5 Å². The number of piperidine rings is 1. The molecule has 2 N–H and O–H groups in total. The molecule has 0 saturated carbocycles. The Hall–Kier alpha value is -5.06. The Bertz CT molecular complexity index is 1660. The highest BCUT2D eigenvalue weighted by Crippen LogP contribution is 2.39. The second-order valence-corrected chi connectivity index (χ2v) is 9.03. The normalized spacial score (nSPS) is 17.1. The zero-order valence-corrected chi connectivity index (χ0v) is 20.0. The summed E-state index contributed by atoms with van der Waals surface area (Å²) in [5, 5.41) is 10.5. The van der Waals surface area contributed by atoms with E-state index in [1.54, 1.807) is 42.2 Å². The van der Waals surface area contributed by atoms with Gasteiger partial charge in [0.05, 0.1) is 34.2 Å². The number of imide groups is 2. The number of benzene rings is 3. The van der Waals surface area contributed by atoms with Gasteiger partial charge in [0, 0.05) is 24.9 Å². The molecule has 11 heteroatoms. The quantitative estimate of drug-likeness (QED) is 0.391. The van der Waals surface area contributed by atoms with Gasteiger partial charge in [-0.2, -0.15) is 5.10 Å². The zero-order chi connectivity index (χ0) is 26.6. The monoisotopic (exact) mass is 513 g/mol. The molecule has 190 valence electrons. The first-order chi connectivity index (χ1) is 18.3. The molecule has 10 nitrogen and oxygen atoms in total. The maximum Gasteiger partial charge on any atom is 0.264 e. The van der Waals surface area contributed by atoms with Crippen molar-refractivity contribution in [3.05, 3.63) is 77.7 Å². The molecule has 1 aromatic heterocycles. The van der Waals surface area contributed by atoms with Crippen LogP contribution < -0.4 is 15.4 Å². The van der Waals surface area contributed by atoms with Crippen LogP contribution in [0.3, 0.4) is 0 Å². The van der Waals surface area contributed by atoms with Gasteiger partial charge in [-0.05, 0) is 48.9 Å². The van der Waals surface area contributed by atoms with Crippen molar-refractivity contribution in [3.63, 3.8) is 0 Å². The molecule has 3 aromatic carbocycles. The number of aryl methyl sites for hydroxylation is 1. The molecule has 1 saturated heterocycles. The van der Waals surface area contributed by atoms with Crippen LogP contribution in [0.5, 0.6) is 11.5 Å². The lowest BCUT2D eigenvalue weighted by molar-refractivity contribution is -0.136. The lowest BCUT2D eigenvalue weighted by atomic mass is 10.0. The molecular formula is C27H20FN5O5. The van der Waals surface area contributed by atoms with Crippen LogP contribution in [0.2, 0.25) is 0 Å². The average Bonchev–Trinajstić information content (AvgIpc) is 3.37. The molecule has 0 spiro atoms. The largest absolute Gasteiger partial charge is 0.455 e. The van der Waals surface area contributed by atoms with Crippen molar-refractivity contribution in [2.45, 2.75) is 18.9 Å². The number of aromatic nitrogens is 2. The van der Waals surface area contributed by atoms with Gasteiger partial charge >= 0.3 is 0 Å². The molecule has 0 aliphatic carbocycles. The molecule has 2 aliphatic heterocycles. The number of anilines is 2. The molecule has 0 radical (unpaired) electrons. The van der Waals surface area contributed by atoms with Crippen molar-refractivity contribution in [1.29, 1.82) is 0 Å². The zero-order valence-electron chi connectivity index (χ0n) is 20.0. The molecule has 4 amide bonds. The summed E-state index contributed by atoms with van der Waals surface area (Å²) in [5.41, 5.74) is 1.85. The predicted octanol–water partition coefficient (Wildman–Crippen LogP) is 3.65. The second-order valence-electron chi connectivity index (χ2n) is 9.03.